The van der Waals surface area contributed by atoms with E-state index in [0.717, 1.165) is 61.1 Å². The van der Waals surface area contributed by atoms with Gasteiger partial charge in [-0.05, 0) is 31.2 Å². The smallest absolute Gasteiger partial charge is 0.212 e. The third-order valence-corrected chi connectivity index (χ3v) is 6.20. The van der Waals surface area contributed by atoms with Gasteiger partial charge in [0.05, 0.1) is 23.4 Å². The molecule has 2 aliphatic heterocycles. The number of aromatic amines is 1. The van der Waals surface area contributed by atoms with Gasteiger partial charge in [-0.15, -0.1) is 4.99 Å². The molecule has 2 saturated heterocycles. The van der Waals surface area contributed by atoms with E-state index in [-0.39, 0.29) is 5.92 Å². The number of nitrogens with zero attached hydrogens (tertiary/aromatic N) is 7. The van der Waals surface area contributed by atoms with Crippen molar-refractivity contribution in [3.63, 3.8) is 0 Å². The van der Waals surface area contributed by atoms with Gasteiger partial charge >= 0.3 is 0 Å². The van der Waals surface area contributed by atoms with Crippen LogP contribution in [-0.4, -0.2) is 61.3 Å². The van der Waals surface area contributed by atoms with Gasteiger partial charge in [0.25, 0.3) is 0 Å². The van der Waals surface area contributed by atoms with Crippen molar-refractivity contribution in [1.82, 2.24) is 29.2 Å². The van der Waals surface area contributed by atoms with Crippen molar-refractivity contribution in [2.24, 2.45) is 10.9 Å². The molecule has 2 fully saturated rings. The summed E-state index contributed by atoms with van der Waals surface area (Å²) in [4.78, 5) is 21.2. The first-order valence-corrected chi connectivity index (χ1v) is 10.0. The predicted molar refractivity (Wildman–Crippen MR) is 107 cm³/mol. The van der Waals surface area contributed by atoms with Crippen LogP contribution < -0.4 is 0 Å². The van der Waals surface area contributed by atoms with Crippen LogP contribution in [0.2, 0.25) is 0 Å². The topological polar surface area (TPSA) is 88.6 Å². The SMILES string of the molecule is CC1CCN(/C(=N/C#N)N2CCCC2)CC1c1ncc2cnc3[nH]ccc3n12. The Morgan fingerprint density at radius 3 is 2.86 bits per heavy atom. The fourth-order valence-corrected chi connectivity index (χ4v) is 4.65. The number of rotatable bonds is 1. The first-order chi connectivity index (χ1) is 13.8. The number of guanidine groups is 1. The minimum absolute atomic E-state index is 0.267. The first kappa shape index (κ1) is 17.0. The molecule has 3 aromatic rings. The van der Waals surface area contributed by atoms with Gasteiger partial charge < -0.3 is 14.8 Å². The van der Waals surface area contributed by atoms with Crippen LogP contribution in [0.1, 0.15) is 37.9 Å². The number of aliphatic imine (C=N–C) groups is 1. The highest BCUT2D eigenvalue weighted by Gasteiger charge is 2.34. The van der Waals surface area contributed by atoms with Crippen molar-refractivity contribution in [2.45, 2.75) is 32.1 Å². The number of hydrogen-bond acceptors (Lipinski definition) is 4. The van der Waals surface area contributed by atoms with Gasteiger partial charge in [-0.2, -0.15) is 5.26 Å². The van der Waals surface area contributed by atoms with Gasteiger partial charge in [-0.3, -0.25) is 4.40 Å². The molecule has 2 unspecified atom stereocenters. The minimum atomic E-state index is 0.267. The number of nitriles is 1. The molecule has 0 spiro atoms. The number of hydrogen-bond donors (Lipinski definition) is 1. The maximum atomic E-state index is 9.25. The van der Waals surface area contributed by atoms with Crippen LogP contribution in [0.25, 0.3) is 16.7 Å². The third kappa shape index (κ3) is 2.70. The molecule has 144 valence electrons. The largest absolute Gasteiger partial charge is 0.345 e. The summed E-state index contributed by atoms with van der Waals surface area (Å²) in [6.45, 7) is 6.03. The van der Waals surface area contributed by atoms with Crippen LogP contribution in [0.4, 0.5) is 0 Å². The first-order valence-electron chi connectivity index (χ1n) is 10.0. The molecule has 1 N–H and O–H groups in total. The number of H-pyrrole nitrogens is 1. The third-order valence-electron chi connectivity index (χ3n) is 6.20. The molecule has 0 aromatic carbocycles. The van der Waals surface area contributed by atoms with E-state index in [9.17, 15) is 5.26 Å². The predicted octanol–water partition coefficient (Wildman–Crippen LogP) is 2.57. The second-order valence-corrected chi connectivity index (χ2v) is 7.87. The normalized spacial score (nSPS) is 23.6. The van der Waals surface area contributed by atoms with Crippen LogP contribution in [0.15, 0.2) is 29.6 Å². The van der Waals surface area contributed by atoms with E-state index in [4.69, 9.17) is 4.98 Å². The summed E-state index contributed by atoms with van der Waals surface area (Å²) in [5.74, 6) is 2.68. The molecule has 0 aliphatic carbocycles. The Labute approximate surface area is 163 Å². The van der Waals surface area contributed by atoms with Crippen LogP contribution in [-0.2, 0) is 0 Å². The summed E-state index contributed by atoms with van der Waals surface area (Å²) in [7, 11) is 0. The van der Waals surface area contributed by atoms with Crippen LogP contribution >= 0.6 is 0 Å². The molecule has 0 saturated carbocycles. The van der Waals surface area contributed by atoms with Gasteiger partial charge in [-0.25, -0.2) is 9.97 Å². The van der Waals surface area contributed by atoms with E-state index in [1.807, 2.05) is 24.8 Å². The molecule has 0 amide bonds. The van der Waals surface area contributed by atoms with Crippen molar-refractivity contribution in [3.05, 3.63) is 30.5 Å². The van der Waals surface area contributed by atoms with Crippen LogP contribution in [0, 0.1) is 17.4 Å². The molecule has 28 heavy (non-hydrogen) atoms. The zero-order valence-electron chi connectivity index (χ0n) is 16.0. The lowest BCUT2D eigenvalue weighted by atomic mass is 9.86. The number of likely N-dealkylation sites (tertiary alicyclic amines) is 2. The zero-order chi connectivity index (χ0) is 19.1. The fourth-order valence-electron chi connectivity index (χ4n) is 4.65. The van der Waals surface area contributed by atoms with E-state index >= 15 is 0 Å². The molecule has 5 heterocycles. The molecule has 2 aliphatic rings. The summed E-state index contributed by atoms with van der Waals surface area (Å²) in [6.07, 6.45) is 11.1. The second kappa shape index (κ2) is 6.82. The van der Waals surface area contributed by atoms with E-state index < -0.39 is 0 Å². The molecular formula is C20H24N8. The summed E-state index contributed by atoms with van der Waals surface area (Å²) in [5.41, 5.74) is 2.94. The van der Waals surface area contributed by atoms with Crippen molar-refractivity contribution < 1.29 is 0 Å². The highest BCUT2D eigenvalue weighted by Crippen LogP contribution is 2.33. The summed E-state index contributed by atoms with van der Waals surface area (Å²) in [6, 6.07) is 2.05. The molecule has 0 radical (unpaired) electrons. The van der Waals surface area contributed by atoms with Gasteiger partial charge in [0.2, 0.25) is 12.2 Å². The van der Waals surface area contributed by atoms with E-state index in [1.54, 1.807) is 0 Å². The maximum absolute atomic E-state index is 9.25. The Kier molecular flexibility index (Phi) is 4.15. The van der Waals surface area contributed by atoms with Gasteiger partial charge in [-0.1, -0.05) is 6.92 Å². The highest BCUT2D eigenvalue weighted by molar-refractivity contribution is 5.81. The van der Waals surface area contributed by atoms with Crippen molar-refractivity contribution >= 4 is 22.6 Å². The van der Waals surface area contributed by atoms with Gasteiger partial charge in [0.15, 0.2) is 5.65 Å². The zero-order valence-corrected chi connectivity index (χ0v) is 16.0. The van der Waals surface area contributed by atoms with Crippen LogP contribution in [0.3, 0.4) is 0 Å². The Balaban J connectivity index is 1.53. The van der Waals surface area contributed by atoms with Crippen molar-refractivity contribution in [1.29, 1.82) is 5.26 Å². The average Bonchev–Trinajstić information content (AvgIpc) is 3.45. The number of piperidine rings is 1. The van der Waals surface area contributed by atoms with Gasteiger partial charge in [0.1, 0.15) is 5.82 Å². The second-order valence-electron chi connectivity index (χ2n) is 7.87. The van der Waals surface area contributed by atoms with E-state index in [2.05, 4.69) is 42.2 Å². The Bertz CT molecular complexity index is 1060. The molecule has 8 heteroatoms. The lowest BCUT2D eigenvalue weighted by Crippen LogP contribution is -2.49. The monoisotopic (exact) mass is 376 g/mol. The number of imidazole rings is 1. The molecule has 3 aromatic heterocycles. The number of aromatic nitrogens is 4. The minimum Gasteiger partial charge on any atom is -0.345 e. The summed E-state index contributed by atoms with van der Waals surface area (Å²) >= 11 is 0. The molecule has 5 rings (SSSR count). The Hall–Kier alpha value is -3.08. The molecule has 8 nitrogen and oxygen atoms in total. The van der Waals surface area contributed by atoms with Crippen molar-refractivity contribution in [2.75, 3.05) is 26.2 Å². The standard InChI is InChI=1S/C20H24N8/c1-14-5-9-27(20(25-13-21)26-7-2-3-8-26)12-16(14)19-24-11-15-10-23-18-17(28(15)19)4-6-22-18/h4,6,10-11,14,16,22H,2-3,5,7-9,12H2,1H3/b25-20+. The summed E-state index contributed by atoms with van der Waals surface area (Å²) in [5, 5.41) is 9.25. The highest BCUT2D eigenvalue weighted by atomic mass is 15.4. The fraction of sp³-hybridized carbons (Fsp3) is 0.500. The van der Waals surface area contributed by atoms with E-state index in [1.165, 1.54) is 12.8 Å². The average molecular weight is 376 g/mol. The Morgan fingerprint density at radius 2 is 2.04 bits per heavy atom. The number of fused-ring (bicyclic) bond motifs is 3. The molecule has 0 bridgehead atoms. The number of nitrogens with one attached hydrogen (secondary N) is 1. The molecule has 2 atom stereocenters. The van der Waals surface area contributed by atoms with Crippen LogP contribution in [0.5, 0.6) is 0 Å². The van der Waals surface area contributed by atoms with Crippen molar-refractivity contribution in [3.8, 4) is 6.19 Å². The quantitative estimate of drug-likeness (QED) is 0.401. The lowest BCUT2D eigenvalue weighted by molar-refractivity contribution is 0.216. The van der Waals surface area contributed by atoms with Gasteiger partial charge in [0, 0.05) is 38.3 Å². The summed E-state index contributed by atoms with van der Waals surface area (Å²) < 4.78 is 2.22. The molecular weight excluding hydrogens is 352 g/mol. The maximum Gasteiger partial charge on any atom is 0.212 e. The lowest BCUT2D eigenvalue weighted by Gasteiger charge is -2.40. The Morgan fingerprint density at radius 1 is 1.21 bits per heavy atom. The van der Waals surface area contributed by atoms with E-state index in [0.29, 0.717) is 5.92 Å².